The highest BCUT2D eigenvalue weighted by Crippen LogP contribution is 2.15. The van der Waals surface area contributed by atoms with E-state index in [1.54, 1.807) is 0 Å². The number of halogens is 1. The standard InChI is InChI=1S/C14H16BrN3O/c1-2-7-16-13-8-14(18-10-17-13)19-9-11-3-5-12(15)6-4-11/h3-6,8,10H,2,7,9H2,1H3,(H,16,17,18). The maximum Gasteiger partial charge on any atom is 0.218 e. The van der Waals surface area contributed by atoms with Gasteiger partial charge in [0.25, 0.3) is 0 Å². The van der Waals surface area contributed by atoms with Crippen LogP contribution in [0.1, 0.15) is 18.9 Å². The summed E-state index contributed by atoms with van der Waals surface area (Å²) < 4.78 is 6.71. The fourth-order valence-electron chi connectivity index (χ4n) is 1.51. The minimum Gasteiger partial charge on any atom is -0.473 e. The van der Waals surface area contributed by atoms with Crippen LogP contribution in [0.4, 0.5) is 5.82 Å². The van der Waals surface area contributed by atoms with Crippen molar-refractivity contribution in [3.05, 3.63) is 46.7 Å². The summed E-state index contributed by atoms with van der Waals surface area (Å²) in [4.78, 5) is 8.23. The molecule has 1 heterocycles. The van der Waals surface area contributed by atoms with Crippen LogP contribution in [0.25, 0.3) is 0 Å². The van der Waals surface area contributed by atoms with E-state index in [9.17, 15) is 0 Å². The molecule has 0 amide bonds. The molecule has 0 aliphatic rings. The molecule has 1 aromatic heterocycles. The van der Waals surface area contributed by atoms with E-state index in [-0.39, 0.29) is 0 Å². The van der Waals surface area contributed by atoms with Gasteiger partial charge in [0.05, 0.1) is 0 Å². The molecule has 1 aromatic carbocycles. The third-order valence-electron chi connectivity index (χ3n) is 2.50. The normalized spacial score (nSPS) is 10.2. The molecule has 0 aliphatic heterocycles. The number of aromatic nitrogens is 2. The highest BCUT2D eigenvalue weighted by molar-refractivity contribution is 9.10. The number of hydrogen-bond donors (Lipinski definition) is 1. The van der Waals surface area contributed by atoms with Gasteiger partial charge >= 0.3 is 0 Å². The minimum atomic E-state index is 0.498. The van der Waals surface area contributed by atoms with Crippen LogP contribution in [0.5, 0.6) is 5.88 Å². The fourth-order valence-corrected chi connectivity index (χ4v) is 1.77. The van der Waals surface area contributed by atoms with Crippen LogP contribution >= 0.6 is 15.9 Å². The van der Waals surface area contributed by atoms with Gasteiger partial charge in [0, 0.05) is 17.1 Å². The van der Waals surface area contributed by atoms with Gasteiger partial charge in [-0.2, -0.15) is 0 Å². The van der Waals surface area contributed by atoms with Gasteiger partial charge in [-0.05, 0) is 24.1 Å². The molecular formula is C14H16BrN3O. The summed E-state index contributed by atoms with van der Waals surface area (Å²) in [5.74, 6) is 1.37. The summed E-state index contributed by atoms with van der Waals surface area (Å²) in [5, 5.41) is 3.20. The van der Waals surface area contributed by atoms with Crippen LogP contribution < -0.4 is 10.1 Å². The third-order valence-corrected chi connectivity index (χ3v) is 3.03. The molecular weight excluding hydrogens is 306 g/mol. The van der Waals surface area contributed by atoms with Crippen molar-refractivity contribution in [2.75, 3.05) is 11.9 Å². The molecule has 2 rings (SSSR count). The first-order valence-electron chi connectivity index (χ1n) is 6.21. The summed E-state index contributed by atoms with van der Waals surface area (Å²) in [6, 6.07) is 9.83. The van der Waals surface area contributed by atoms with Crippen LogP contribution in [0.15, 0.2) is 41.1 Å². The Morgan fingerprint density at radius 2 is 2.00 bits per heavy atom. The third kappa shape index (κ3) is 4.52. The zero-order valence-corrected chi connectivity index (χ0v) is 12.4. The Hall–Kier alpha value is -1.62. The van der Waals surface area contributed by atoms with Crippen molar-refractivity contribution in [1.29, 1.82) is 0 Å². The van der Waals surface area contributed by atoms with E-state index in [4.69, 9.17) is 4.74 Å². The number of nitrogens with zero attached hydrogens (tertiary/aromatic N) is 2. The Bertz CT molecular complexity index is 516. The lowest BCUT2D eigenvalue weighted by atomic mass is 10.2. The van der Waals surface area contributed by atoms with Crippen molar-refractivity contribution in [2.45, 2.75) is 20.0 Å². The smallest absolute Gasteiger partial charge is 0.218 e. The molecule has 0 aliphatic carbocycles. The van der Waals surface area contributed by atoms with Gasteiger partial charge in [0.2, 0.25) is 5.88 Å². The van der Waals surface area contributed by atoms with Gasteiger partial charge in [0.15, 0.2) is 0 Å². The topological polar surface area (TPSA) is 47.0 Å². The van der Waals surface area contributed by atoms with E-state index in [0.29, 0.717) is 12.5 Å². The molecule has 5 heteroatoms. The number of rotatable bonds is 6. The van der Waals surface area contributed by atoms with Crippen LogP contribution in [-0.4, -0.2) is 16.5 Å². The van der Waals surface area contributed by atoms with Crippen LogP contribution in [0.2, 0.25) is 0 Å². The summed E-state index contributed by atoms with van der Waals surface area (Å²) in [6.45, 7) is 3.50. The summed E-state index contributed by atoms with van der Waals surface area (Å²) in [5.41, 5.74) is 1.10. The summed E-state index contributed by atoms with van der Waals surface area (Å²) in [7, 11) is 0. The number of benzene rings is 1. The molecule has 0 atom stereocenters. The molecule has 0 saturated carbocycles. The molecule has 0 bridgehead atoms. The Labute approximate surface area is 121 Å². The molecule has 0 fully saturated rings. The fraction of sp³-hybridized carbons (Fsp3) is 0.286. The monoisotopic (exact) mass is 321 g/mol. The Morgan fingerprint density at radius 3 is 2.74 bits per heavy atom. The molecule has 2 aromatic rings. The molecule has 100 valence electrons. The maximum absolute atomic E-state index is 5.65. The maximum atomic E-state index is 5.65. The van der Waals surface area contributed by atoms with Gasteiger partial charge in [-0.25, -0.2) is 9.97 Å². The Kier molecular flexibility index (Phi) is 5.15. The molecule has 19 heavy (non-hydrogen) atoms. The predicted octanol–water partition coefficient (Wildman–Crippen LogP) is 3.64. The second-order valence-corrected chi connectivity index (χ2v) is 5.00. The molecule has 1 N–H and O–H groups in total. The number of ether oxygens (including phenoxy) is 1. The van der Waals surface area contributed by atoms with Gasteiger partial charge in [0.1, 0.15) is 18.8 Å². The lowest BCUT2D eigenvalue weighted by molar-refractivity contribution is 0.293. The van der Waals surface area contributed by atoms with Crippen LogP contribution in [0.3, 0.4) is 0 Å². The lowest BCUT2D eigenvalue weighted by Gasteiger charge is -2.07. The number of anilines is 1. The largest absolute Gasteiger partial charge is 0.473 e. The SMILES string of the molecule is CCCNc1cc(OCc2ccc(Br)cc2)ncn1. The van der Waals surface area contributed by atoms with Gasteiger partial charge < -0.3 is 10.1 Å². The Morgan fingerprint density at radius 1 is 1.21 bits per heavy atom. The molecule has 0 unspecified atom stereocenters. The van der Waals surface area contributed by atoms with Gasteiger partial charge in [-0.3, -0.25) is 0 Å². The van der Waals surface area contributed by atoms with E-state index < -0.39 is 0 Å². The predicted molar refractivity (Wildman–Crippen MR) is 79.3 cm³/mol. The van der Waals surface area contributed by atoms with E-state index in [1.807, 2.05) is 30.3 Å². The highest BCUT2D eigenvalue weighted by Gasteiger charge is 2.00. The zero-order valence-electron chi connectivity index (χ0n) is 10.8. The highest BCUT2D eigenvalue weighted by atomic mass is 79.9. The second-order valence-electron chi connectivity index (χ2n) is 4.08. The average Bonchev–Trinajstić information content (AvgIpc) is 2.45. The van der Waals surface area contributed by atoms with E-state index in [1.165, 1.54) is 6.33 Å². The molecule has 0 saturated heterocycles. The molecule has 0 spiro atoms. The first-order chi connectivity index (χ1) is 9.28. The first-order valence-corrected chi connectivity index (χ1v) is 7.00. The first kappa shape index (κ1) is 13.8. The van der Waals surface area contributed by atoms with E-state index in [2.05, 4.69) is 38.1 Å². The zero-order chi connectivity index (χ0) is 13.5. The Balaban J connectivity index is 1.93. The minimum absolute atomic E-state index is 0.498. The van der Waals surface area contributed by atoms with Gasteiger partial charge in [-0.15, -0.1) is 0 Å². The number of nitrogens with one attached hydrogen (secondary N) is 1. The summed E-state index contributed by atoms with van der Waals surface area (Å²) in [6.07, 6.45) is 2.56. The molecule has 0 radical (unpaired) electrons. The van der Waals surface area contributed by atoms with Crippen LogP contribution in [-0.2, 0) is 6.61 Å². The van der Waals surface area contributed by atoms with Crippen molar-refractivity contribution >= 4 is 21.7 Å². The van der Waals surface area contributed by atoms with Crippen LogP contribution in [0, 0.1) is 0 Å². The van der Waals surface area contributed by atoms with Crippen molar-refractivity contribution in [1.82, 2.24) is 9.97 Å². The van der Waals surface area contributed by atoms with Crippen molar-refractivity contribution in [2.24, 2.45) is 0 Å². The number of hydrogen-bond acceptors (Lipinski definition) is 4. The van der Waals surface area contributed by atoms with Crippen molar-refractivity contribution in [3.8, 4) is 5.88 Å². The quantitative estimate of drug-likeness (QED) is 0.882. The van der Waals surface area contributed by atoms with Gasteiger partial charge in [-0.1, -0.05) is 35.0 Å². The van der Waals surface area contributed by atoms with E-state index >= 15 is 0 Å². The lowest BCUT2D eigenvalue weighted by Crippen LogP contribution is -2.03. The van der Waals surface area contributed by atoms with Crippen molar-refractivity contribution in [3.63, 3.8) is 0 Å². The van der Waals surface area contributed by atoms with E-state index in [0.717, 1.165) is 28.8 Å². The summed E-state index contributed by atoms with van der Waals surface area (Å²) >= 11 is 3.41. The molecule has 4 nitrogen and oxygen atoms in total. The second kappa shape index (κ2) is 7.09. The average molecular weight is 322 g/mol. The van der Waals surface area contributed by atoms with Crippen molar-refractivity contribution < 1.29 is 4.74 Å².